The third-order valence-corrected chi connectivity index (χ3v) is 11.9. The van der Waals surface area contributed by atoms with Crippen molar-refractivity contribution in [2.45, 2.75) is 0 Å². The zero-order valence-electron chi connectivity index (χ0n) is 34.0. The lowest BCUT2D eigenvalue weighted by Gasteiger charge is -2.28. The minimum Gasteiger partial charge on any atom is -0.456 e. The van der Waals surface area contributed by atoms with E-state index in [2.05, 4.69) is 235 Å². The zero-order chi connectivity index (χ0) is 41.2. The van der Waals surface area contributed by atoms with Crippen molar-refractivity contribution in [3.05, 3.63) is 249 Å². The molecule has 10 aromatic carbocycles. The second kappa shape index (κ2) is 16.1. The average Bonchev–Trinajstić information content (AvgIpc) is 3.80. The Morgan fingerprint density at radius 1 is 0.258 bits per heavy atom. The summed E-state index contributed by atoms with van der Waals surface area (Å²) in [6.07, 6.45) is 0. The van der Waals surface area contributed by atoms with Crippen molar-refractivity contribution in [3.8, 4) is 67.0 Å². The highest BCUT2D eigenvalue weighted by molar-refractivity contribution is 5.92. The Hall–Kier alpha value is -8.20. The molecule has 0 atom stereocenters. The number of fused-ring (bicyclic) bond motifs is 2. The summed E-state index contributed by atoms with van der Waals surface area (Å²) in [5.74, 6) is 0.875. The van der Waals surface area contributed by atoms with Crippen molar-refractivity contribution in [1.29, 1.82) is 0 Å². The molecule has 11 aromatic rings. The van der Waals surface area contributed by atoms with E-state index < -0.39 is 0 Å². The Morgan fingerprint density at radius 3 is 1.34 bits per heavy atom. The van der Waals surface area contributed by atoms with E-state index in [0.717, 1.165) is 72.7 Å². The van der Waals surface area contributed by atoms with E-state index in [4.69, 9.17) is 4.42 Å². The van der Waals surface area contributed by atoms with Crippen molar-refractivity contribution < 1.29 is 4.42 Å². The molecule has 0 unspecified atom stereocenters. The molecule has 0 bridgehead atoms. The maximum atomic E-state index is 6.29. The molecule has 0 radical (unpaired) electrons. The Bertz CT molecular complexity index is 3270. The van der Waals surface area contributed by atoms with Gasteiger partial charge in [-0.25, -0.2) is 0 Å². The first kappa shape index (κ1) is 36.8. The molecule has 0 aliphatic carbocycles. The van der Waals surface area contributed by atoms with Crippen LogP contribution < -0.4 is 4.90 Å². The van der Waals surface area contributed by atoms with Crippen LogP contribution in [0.15, 0.2) is 253 Å². The first-order valence-electron chi connectivity index (χ1n) is 21.2. The van der Waals surface area contributed by atoms with Crippen molar-refractivity contribution >= 4 is 38.8 Å². The molecular weight excluding hydrogens is 751 g/mol. The Kier molecular flexibility index (Phi) is 9.57. The van der Waals surface area contributed by atoms with Gasteiger partial charge in [-0.15, -0.1) is 0 Å². The fourth-order valence-corrected chi connectivity index (χ4v) is 8.69. The van der Waals surface area contributed by atoms with E-state index >= 15 is 0 Å². The van der Waals surface area contributed by atoms with E-state index in [9.17, 15) is 0 Å². The van der Waals surface area contributed by atoms with Crippen LogP contribution in [0.2, 0.25) is 0 Å². The number of hydrogen-bond donors (Lipinski definition) is 0. The van der Waals surface area contributed by atoms with Gasteiger partial charge in [0.2, 0.25) is 0 Å². The van der Waals surface area contributed by atoms with E-state index in [1.165, 1.54) is 33.0 Å². The Morgan fingerprint density at radius 2 is 0.694 bits per heavy atom. The summed E-state index contributed by atoms with van der Waals surface area (Å²) in [6, 6.07) is 89.0. The van der Waals surface area contributed by atoms with Gasteiger partial charge in [0, 0.05) is 27.9 Å². The zero-order valence-corrected chi connectivity index (χ0v) is 34.0. The number of rotatable bonds is 9. The monoisotopic (exact) mass is 791 g/mol. The summed E-state index contributed by atoms with van der Waals surface area (Å²) in [5, 5.41) is 3.59. The summed E-state index contributed by atoms with van der Waals surface area (Å²) in [7, 11) is 0. The largest absolute Gasteiger partial charge is 0.456 e. The van der Waals surface area contributed by atoms with Crippen LogP contribution in [0.3, 0.4) is 0 Å². The van der Waals surface area contributed by atoms with Crippen molar-refractivity contribution in [1.82, 2.24) is 0 Å². The molecule has 0 saturated carbocycles. The highest BCUT2D eigenvalue weighted by Gasteiger charge is 2.18. The van der Waals surface area contributed by atoms with Gasteiger partial charge in [-0.2, -0.15) is 0 Å². The first-order valence-corrected chi connectivity index (χ1v) is 21.2. The van der Waals surface area contributed by atoms with Crippen LogP contribution in [0.1, 0.15) is 0 Å². The van der Waals surface area contributed by atoms with Gasteiger partial charge in [0.05, 0.1) is 5.69 Å². The van der Waals surface area contributed by atoms with Crippen molar-refractivity contribution in [3.63, 3.8) is 0 Å². The number of para-hydroxylation sites is 2. The van der Waals surface area contributed by atoms with Crippen LogP contribution in [-0.2, 0) is 0 Å². The molecule has 0 amide bonds. The molecule has 1 heterocycles. The quantitative estimate of drug-likeness (QED) is 0.145. The number of benzene rings is 10. The second-order valence-corrected chi connectivity index (χ2v) is 15.7. The van der Waals surface area contributed by atoms with Gasteiger partial charge < -0.3 is 9.32 Å². The smallest absolute Gasteiger partial charge is 0.136 e. The highest BCUT2D eigenvalue weighted by atomic mass is 16.3. The SMILES string of the molecule is c1ccc(-c2ccc(-c3ccccc3N(c3ccc(-c4ccc(-c5ccccc5-c5cc6ccccc6o5)cc4)cc3)c3ccc(-c4ccc5ccccc5c4)cc3)cc2)cc1. The Labute approximate surface area is 362 Å². The summed E-state index contributed by atoms with van der Waals surface area (Å²) < 4.78 is 6.29. The van der Waals surface area contributed by atoms with Gasteiger partial charge >= 0.3 is 0 Å². The third kappa shape index (κ3) is 7.14. The summed E-state index contributed by atoms with van der Waals surface area (Å²) >= 11 is 0. The van der Waals surface area contributed by atoms with E-state index in [-0.39, 0.29) is 0 Å². The minimum atomic E-state index is 0.875. The summed E-state index contributed by atoms with van der Waals surface area (Å²) in [6.45, 7) is 0. The second-order valence-electron chi connectivity index (χ2n) is 15.7. The van der Waals surface area contributed by atoms with Crippen molar-refractivity contribution in [2.75, 3.05) is 4.90 Å². The molecule has 0 spiro atoms. The lowest BCUT2D eigenvalue weighted by Crippen LogP contribution is -2.11. The van der Waals surface area contributed by atoms with Crippen LogP contribution in [0.4, 0.5) is 17.1 Å². The lowest BCUT2D eigenvalue weighted by atomic mass is 9.95. The van der Waals surface area contributed by atoms with Gasteiger partial charge in [-0.1, -0.05) is 200 Å². The number of furan rings is 1. The van der Waals surface area contributed by atoms with Crippen LogP contribution in [0.25, 0.3) is 88.7 Å². The summed E-state index contributed by atoms with van der Waals surface area (Å²) in [4.78, 5) is 2.38. The van der Waals surface area contributed by atoms with Crippen LogP contribution in [-0.4, -0.2) is 0 Å². The molecule has 2 nitrogen and oxygen atoms in total. The molecule has 0 N–H and O–H groups in total. The fourth-order valence-electron chi connectivity index (χ4n) is 8.69. The normalized spacial score (nSPS) is 11.2. The van der Waals surface area contributed by atoms with Crippen molar-refractivity contribution in [2.24, 2.45) is 0 Å². The molecule has 292 valence electrons. The molecule has 0 saturated heterocycles. The number of anilines is 3. The maximum absolute atomic E-state index is 6.29. The fraction of sp³-hybridized carbons (Fsp3) is 0. The van der Waals surface area contributed by atoms with E-state index in [1.54, 1.807) is 0 Å². The lowest BCUT2D eigenvalue weighted by molar-refractivity contribution is 0.632. The van der Waals surface area contributed by atoms with E-state index in [1.807, 2.05) is 18.2 Å². The van der Waals surface area contributed by atoms with E-state index in [0.29, 0.717) is 0 Å². The molecule has 2 heteroatoms. The first-order chi connectivity index (χ1) is 30.7. The molecule has 11 rings (SSSR count). The molecule has 0 aliphatic heterocycles. The van der Waals surface area contributed by atoms with Gasteiger partial charge in [0.15, 0.2) is 0 Å². The third-order valence-electron chi connectivity index (χ3n) is 11.9. The topological polar surface area (TPSA) is 16.4 Å². The number of hydrogen-bond acceptors (Lipinski definition) is 2. The van der Waals surface area contributed by atoms with Gasteiger partial charge in [-0.3, -0.25) is 0 Å². The van der Waals surface area contributed by atoms with Gasteiger partial charge in [0.25, 0.3) is 0 Å². The molecule has 0 aliphatic rings. The molecule has 62 heavy (non-hydrogen) atoms. The van der Waals surface area contributed by atoms with Crippen LogP contribution in [0.5, 0.6) is 0 Å². The predicted molar refractivity (Wildman–Crippen MR) is 261 cm³/mol. The highest BCUT2D eigenvalue weighted by Crippen LogP contribution is 2.43. The Balaban J connectivity index is 0.941. The predicted octanol–water partition coefficient (Wildman–Crippen LogP) is 17.1. The van der Waals surface area contributed by atoms with Crippen LogP contribution >= 0.6 is 0 Å². The summed E-state index contributed by atoms with van der Waals surface area (Å²) in [5.41, 5.74) is 17.0. The van der Waals surface area contributed by atoms with Gasteiger partial charge in [0.1, 0.15) is 11.3 Å². The average molecular weight is 792 g/mol. The standard InChI is InChI=1S/C60H41NO/c1-2-12-42(13-3-1)44-24-29-49(30-25-44)56-18-9-10-20-58(56)61(54-38-34-47(35-39-54)51-31-26-43-14-4-5-15-50(43)40-51)53-36-32-46(33-37-53)45-22-27-48(28-23-45)55-17-7-8-19-57(55)60-41-52-16-6-11-21-59(52)62-60/h1-41H. The maximum Gasteiger partial charge on any atom is 0.136 e. The van der Waals surface area contributed by atoms with Gasteiger partial charge in [-0.05, 0) is 109 Å². The molecule has 1 aromatic heterocycles. The number of nitrogens with zero attached hydrogens (tertiary/aromatic N) is 1. The van der Waals surface area contributed by atoms with Crippen LogP contribution in [0, 0.1) is 0 Å². The minimum absolute atomic E-state index is 0.875. The molecular formula is C60H41NO. The molecule has 0 fully saturated rings.